The average molecular weight is 303 g/mol. The SMILES string of the molecule is CSc1ccc(N(C)Cc2cccc(OC(C)C)c2)nn1. The maximum absolute atomic E-state index is 5.72. The van der Waals surface area contributed by atoms with Gasteiger partial charge in [-0.25, -0.2) is 0 Å². The third-order valence-corrected chi connectivity index (χ3v) is 3.55. The minimum absolute atomic E-state index is 0.183. The number of nitrogens with zero attached hydrogens (tertiary/aromatic N) is 3. The summed E-state index contributed by atoms with van der Waals surface area (Å²) >= 11 is 1.59. The van der Waals surface area contributed by atoms with Crippen LogP contribution in [0.3, 0.4) is 0 Å². The first-order valence-electron chi connectivity index (χ1n) is 6.93. The van der Waals surface area contributed by atoms with Gasteiger partial charge < -0.3 is 9.64 Å². The molecular weight excluding hydrogens is 282 g/mol. The van der Waals surface area contributed by atoms with E-state index in [1.54, 1.807) is 11.8 Å². The molecule has 21 heavy (non-hydrogen) atoms. The molecule has 112 valence electrons. The van der Waals surface area contributed by atoms with Crippen molar-refractivity contribution in [2.24, 2.45) is 0 Å². The highest BCUT2D eigenvalue weighted by atomic mass is 32.2. The molecule has 0 saturated heterocycles. The second kappa shape index (κ2) is 7.31. The van der Waals surface area contributed by atoms with Gasteiger partial charge in [-0.05, 0) is 49.9 Å². The van der Waals surface area contributed by atoms with Gasteiger partial charge >= 0.3 is 0 Å². The van der Waals surface area contributed by atoms with Gasteiger partial charge in [0.1, 0.15) is 10.8 Å². The summed E-state index contributed by atoms with van der Waals surface area (Å²) < 4.78 is 5.72. The van der Waals surface area contributed by atoms with Crippen LogP contribution >= 0.6 is 11.8 Å². The molecule has 0 radical (unpaired) electrons. The predicted molar refractivity (Wildman–Crippen MR) is 88.1 cm³/mol. The third kappa shape index (κ3) is 4.63. The molecule has 4 nitrogen and oxygen atoms in total. The topological polar surface area (TPSA) is 38.2 Å². The lowest BCUT2D eigenvalue weighted by molar-refractivity contribution is 0.242. The van der Waals surface area contributed by atoms with Crippen LogP contribution in [0.5, 0.6) is 5.75 Å². The van der Waals surface area contributed by atoms with Gasteiger partial charge in [0, 0.05) is 13.6 Å². The van der Waals surface area contributed by atoms with Gasteiger partial charge in [-0.1, -0.05) is 12.1 Å². The number of thioether (sulfide) groups is 1. The van der Waals surface area contributed by atoms with Crippen molar-refractivity contribution in [2.75, 3.05) is 18.2 Å². The number of hydrogen-bond acceptors (Lipinski definition) is 5. The Morgan fingerprint density at radius 3 is 2.62 bits per heavy atom. The Morgan fingerprint density at radius 1 is 1.19 bits per heavy atom. The summed E-state index contributed by atoms with van der Waals surface area (Å²) in [5.74, 6) is 1.77. The maximum atomic E-state index is 5.72. The van der Waals surface area contributed by atoms with E-state index in [2.05, 4.69) is 27.2 Å². The fraction of sp³-hybridized carbons (Fsp3) is 0.375. The molecule has 0 fully saturated rings. The van der Waals surface area contributed by atoms with Crippen molar-refractivity contribution < 1.29 is 4.74 Å². The second-order valence-electron chi connectivity index (χ2n) is 5.10. The number of hydrogen-bond donors (Lipinski definition) is 0. The van der Waals surface area contributed by atoms with Crippen LogP contribution in [0.15, 0.2) is 41.4 Å². The Hall–Kier alpha value is -1.75. The highest BCUT2D eigenvalue weighted by molar-refractivity contribution is 7.98. The van der Waals surface area contributed by atoms with E-state index in [-0.39, 0.29) is 6.10 Å². The highest BCUT2D eigenvalue weighted by Crippen LogP contribution is 2.19. The van der Waals surface area contributed by atoms with Crippen molar-refractivity contribution in [3.63, 3.8) is 0 Å². The summed E-state index contributed by atoms with van der Waals surface area (Å²) in [6.07, 6.45) is 2.18. The number of aromatic nitrogens is 2. The predicted octanol–water partition coefficient (Wildman–Crippen LogP) is 3.62. The molecule has 0 N–H and O–H groups in total. The zero-order valence-corrected chi connectivity index (χ0v) is 13.7. The van der Waals surface area contributed by atoms with Gasteiger partial charge in [-0.3, -0.25) is 0 Å². The van der Waals surface area contributed by atoms with Crippen LogP contribution in [-0.4, -0.2) is 29.6 Å². The Labute approximate surface area is 130 Å². The summed E-state index contributed by atoms with van der Waals surface area (Å²) in [5, 5.41) is 9.33. The third-order valence-electron chi connectivity index (χ3n) is 2.92. The molecule has 2 aromatic rings. The minimum atomic E-state index is 0.183. The van der Waals surface area contributed by atoms with E-state index >= 15 is 0 Å². The number of ether oxygens (including phenoxy) is 1. The van der Waals surface area contributed by atoms with Crippen molar-refractivity contribution in [3.8, 4) is 5.75 Å². The molecular formula is C16H21N3OS. The summed E-state index contributed by atoms with van der Waals surface area (Å²) in [7, 11) is 2.01. The van der Waals surface area contributed by atoms with Gasteiger partial charge in [-0.2, -0.15) is 0 Å². The van der Waals surface area contributed by atoms with Crippen LogP contribution < -0.4 is 9.64 Å². The van der Waals surface area contributed by atoms with Crippen molar-refractivity contribution in [1.82, 2.24) is 10.2 Å². The molecule has 5 heteroatoms. The molecule has 1 aromatic carbocycles. The largest absolute Gasteiger partial charge is 0.491 e. The van der Waals surface area contributed by atoms with Gasteiger partial charge in [0.05, 0.1) is 6.10 Å². The van der Waals surface area contributed by atoms with Crippen molar-refractivity contribution in [3.05, 3.63) is 42.0 Å². The molecule has 0 aliphatic heterocycles. The smallest absolute Gasteiger partial charge is 0.151 e. The van der Waals surface area contributed by atoms with E-state index in [0.717, 1.165) is 23.1 Å². The second-order valence-corrected chi connectivity index (χ2v) is 5.93. The van der Waals surface area contributed by atoms with Gasteiger partial charge in [0.2, 0.25) is 0 Å². The van der Waals surface area contributed by atoms with Crippen LogP contribution in [0, 0.1) is 0 Å². The first-order chi connectivity index (χ1) is 10.1. The lowest BCUT2D eigenvalue weighted by Crippen LogP contribution is -2.18. The maximum Gasteiger partial charge on any atom is 0.151 e. The Kier molecular flexibility index (Phi) is 5.44. The van der Waals surface area contributed by atoms with Crippen LogP contribution in [0.1, 0.15) is 19.4 Å². The van der Waals surface area contributed by atoms with Gasteiger partial charge in [-0.15, -0.1) is 22.0 Å². The molecule has 0 bridgehead atoms. The first kappa shape index (κ1) is 15.6. The Balaban J connectivity index is 2.05. The summed E-state index contributed by atoms with van der Waals surface area (Å²) in [6.45, 7) is 4.83. The first-order valence-corrected chi connectivity index (χ1v) is 8.15. The summed E-state index contributed by atoms with van der Waals surface area (Å²) in [5.41, 5.74) is 1.19. The average Bonchev–Trinajstić information content (AvgIpc) is 2.47. The Bertz CT molecular complexity index is 572. The minimum Gasteiger partial charge on any atom is -0.491 e. The molecule has 0 unspecified atom stereocenters. The van der Waals surface area contributed by atoms with E-state index in [1.807, 2.05) is 51.4 Å². The van der Waals surface area contributed by atoms with Crippen LogP contribution in [0.2, 0.25) is 0 Å². The van der Waals surface area contributed by atoms with E-state index in [1.165, 1.54) is 5.56 Å². The van der Waals surface area contributed by atoms with Crippen LogP contribution in [0.25, 0.3) is 0 Å². The van der Waals surface area contributed by atoms with E-state index in [9.17, 15) is 0 Å². The zero-order chi connectivity index (χ0) is 15.2. The van der Waals surface area contributed by atoms with Crippen LogP contribution in [-0.2, 0) is 6.54 Å². The lowest BCUT2D eigenvalue weighted by atomic mass is 10.2. The lowest BCUT2D eigenvalue weighted by Gasteiger charge is -2.18. The quantitative estimate of drug-likeness (QED) is 0.762. The molecule has 1 heterocycles. The fourth-order valence-corrected chi connectivity index (χ4v) is 2.30. The normalized spacial score (nSPS) is 10.7. The summed E-state index contributed by atoms with van der Waals surface area (Å²) in [6, 6.07) is 12.1. The standard InChI is InChI=1S/C16H21N3OS/c1-12(2)20-14-7-5-6-13(10-14)11-19(3)15-8-9-16(21-4)18-17-15/h5-10,12H,11H2,1-4H3. The molecule has 1 aromatic heterocycles. The van der Waals surface area contributed by atoms with Crippen molar-refractivity contribution in [2.45, 2.75) is 31.5 Å². The summed E-state index contributed by atoms with van der Waals surface area (Å²) in [4.78, 5) is 2.07. The number of rotatable bonds is 6. The fourth-order valence-electron chi connectivity index (χ4n) is 1.97. The molecule has 0 spiro atoms. The Morgan fingerprint density at radius 2 is 2.00 bits per heavy atom. The number of benzene rings is 1. The molecule has 0 aliphatic rings. The van der Waals surface area contributed by atoms with Gasteiger partial charge in [0.25, 0.3) is 0 Å². The monoisotopic (exact) mass is 303 g/mol. The van der Waals surface area contributed by atoms with Crippen LogP contribution in [0.4, 0.5) is 5.82 Å². The number of anilines is 1. The van der Waals surface area contributed by atoms with Crippen molar-refractivity contribution in [1.29, 1.82) is 0 Å². The van der Waals surface area contributed by atoms with E-state index < -0.39 is 0 Å². The zero-order valence-electron chi connectivity index (χ0n) is 12.9. The molecule has 0 saturated carbocycles. The molecule has 0 aliphatic carbocycles. The van der Waals surface area contributed by atoms with E-state index in [4.69, 9.17) is 4.74 Å². The highest BCUT2D eigenvalue weighted by Gasteiger charge is 2.06. The van der Waals surface area contributed by atoms with Gasteiger partial charge in [0.15, 0.2) is 5.82 Å². The van der Waals surface area contributed by atoms with E-state index in [0.29, 0.717) is 0 Å². The molecule has 0 amide bonds. The van der Waals surface area contributed by atoms with Crippen molar-refractivity contribution >= 4 is 17.6 Å². The molecule has 2 rings (SSSR count). The molecule has 0 atom stereocenters.